The van der Waals surface area contributed by atoms with Crippen molar-refractivity contribution in [2.45, 2.75) is 44.6 Å². The molecule has 1 aromatic carbocycles. The molecule has 0 bridgehead atoms. The Kier molecular flexibility index (Phi) is 5.59. The van der Waals surface area contributed by atoms with Gasteiger partial charge in [0.1, 0.15) is 0 Å². The first kappa shape index (κ1) is 17.0. The van der Waals surface area contributed by atoms with Gasteiger partial charge < -0.3 is 10.4 Å². The van der Waals surface area contributed by atoms with Gasteiger partial charge >= 0.3 is 0 Å². The van der Waals surface area contributed by atoms with Crippen molar-refractivity contribution in [2.75, 3.05) is 6.61 Å². The highest BCUT2D eigenvalue weighted by atomic mass is 35.5. The predicted octanol–water partition coefficient (Wildman–Crippen LogP) is 2.97. The number of rotatable bonds is 6. The average Bonchev–Trinajstić information content (AvgIpc) is 2.96. The normalized spacial score (nSPS) is 18.0. The fourth-order valence-corrected chi connectivity index (χ4v) is 3.12. The van der Waals surface area contributed by atoms with Gasteiger partial charge in [0.05, 0.1) is 12.1 Å². The number of benzene rings is 1. The molecule has 0 saturated heterocycles. The lowest BCUT2D eigenvalue weighted by Gasteiger charge is -2.28. The van der Waals surface area contributed by atoms with Crippen molar-refractivity contribution in [3.8, 4) is 0 Å². The second kappa shape index (κ2) is 7.25. The number of nitrogens with one attached hydrogen (secondary N) is 1. The molecule has 22 heavy (non-hydrogen) atoms. The lowest BCUT2D eigenvalue weighted by Crippen LogP contribution is -2.49. The Labute approximate surface area is 135 Å². The highest BCUT2D eigenvalue weighted by Crippen LogP contribution is 2.29. The second-order valence-corrected chi connectivity index (χ2v) is 6.61. The van der Waals surface area contributed by atoms with Crippen LogP contribution in [0.25, 0.3) is 0 Å². The van der Waals surface area contributed by atoms with Gasteiger partial charge in [-0.25, -0.2) is 0 Å². The molecule has 0 aliphatic heterocycles. The highest BCUT2D eigenvalue weighted by Gasteiger charge is 2.35. The molecule has 1 amide bonds. The van der Waals surface area contributed by atoms with Crippen LogP contribution in [0.1, 0.15) is 49.4 Å². The molecule has 1 atom stereocenters. The van der Waals surface area contributed by atoms with E-state index < -0.39 is 11.5 Å². The summed E-state index contributed by atoms with van der Waals surface area (Å²) in [7, 11) is 0. The minimum atomic E-state index is -0.486. The maximum absolute atomic E-state index is 12.3. The highest BCUT2D eigenvalue weighted by molar-refractivity contribution is 6.30. The molecule has 1 aliphatic carbocycles. The van der Waals surface area contributed by atoms with E-state index >= 15 is 0 Å². The minimum absolute atomic E-state index is 0.0434. The lowest BCUT2D eigenvalue weighted by molar-refractivity contribution is -0.124. The number of halogens is 1. The van der Waals surface area contributed by atoms with Crippen molar-refractivity contribution in [2.24, 2.45) is 5.92 Å². The summed E-state index contributed by atoms with van der Waals surface area (Å²) in [5, 5.41) is 13.0. The third-order valence-corrected chi connectivity index (χ3v) is 4.59. The summed E-state index contributed by atoms with van der Waals surface area (Å²) < 4.78 is 0. The summed E-state index contributed by atoms with van der Waals surface area (Å²) in [5.41, 5.74) is 0.0718. The zero-order valence-electron chi connectivity index (χ0n) is 12.8. The van der Waals surface area contributed by atoms with Crippen LogP contribution in [0.4, 0.5) is 0 Å². The van der Waals surface area contributed by atoms with Crippen molar-refractivity contribution in [3.05, 3.63) is 34.9 Å². The number of amides is 1. The van der Waals surface area contributed by atoms with Crippen molar-refractivity contribution in [1.29, 1.82) is 0 Å². The quantitative estimate of drug-likeness (QED) is 0.791. The van der Waals surface area contributed by atoms with Crippen LogP contribution in [0.15, 0.2) is 24.3 Å². The molecular weight excluding hydrogens is 302 g/mol. The Morgan fingerprint density at radius 1 is 1.27 bits per heavy atom. The van der Waals surface area contributed by atoms with Crippen LogP contribution in [0, 0.1) is 5.92 Å². The molecule has 2 N–H and O–H groups in total. The summed E-state index contributed by atoms with van der Waals surface area (Å²) in [6.07, 6.45) is 3.76. The maximum Gasteiger partial charge on any atom is 0.221 e. The number of hydrogen-bond acceptors (Lipinski definition) is 3. The summed E-state index contributed by atoms with van der Waals surface area (Å²) in [5.74, 6) is -0.652. The van der Waals surface area contributed by atoms with Crippen molar-refractivity contribution >= 4 is 23.3 Å². The first-order valence-corrected chi connectivity index (χ1v) is 8.05. The Morgan fingerprint density at radius 2 is 1.86 bits per heavy atom. The molecule has 1 aliphatic rings. The van der Waals surface area contributed by atoms with Crippen LogP contribution in [0.2, 0.25) is 5.02 Å². The van der Waals surface area contributed by atoms with Crippen LogP contribution in [0.3, 0.4) is 0 Å². The number of ketones is 1. The molecule has 5 heteroatoms. The summed E-state index contributed by atoms with van der Waals surface area (Å²) in [6.45, 7) is 1.70. The van der Waals surface area contributed by atoms with Crippen molar-refractivity contribution in [3.63, 3.8) is 0 Å². The van der Waals surface area contributed by atoms with Gasteiger partial charge in [0.15, 0.2) is 5.78 Å². The summed E-state index contributed by atoms with van der Waals surface area (Å²) in [6, 6.07) is 6.68. The third-order valence-electron chi connectivity index (χ3n) is 4.34. The molecule has 0 radical (unpaired) electrons. The molecule has 1 saturated carbocycles. The minimum Gasteiger partial charge on any atom is -0.394 e. The smallest absolute Gasteiger partial charge is 0.221 e. The maximum atomic E-state index is 12.3. The fraction of sp³-hybridized carbons (Fsp3) is 0.529. The van der Waals surface area contributed by atoms with E-state index in [4.69, 9.17) is 11.6 Å². The summed E-state index contributed by atoms with van der Waals surface area (Å²) in [4.78, 5) is 24.5. The molecule has 1 unspecified atom stereocenters. The fourth-order valence-electron chi connectivity index (χ4n) is 2.99. The monoisotopic (exact) mass is 323 g/mol. The van der Waals surface area contributed by atoms with Gasteiger partial charge in [0, 0.05) is 22.9 Å². The first-order valence-electron chi connectivity index (χ1n) is 7.67. The van der Waals surface area contributed by atoms with Crippen molar-refractivity contribution < 1.29 is 14.7 Å². The standard InChI is InChI=1S/C17H22ClNO3/c1-12(16(22)13-4-6-14(18)7-5-13)10-15(21)19-17(11-20)8-2-3-9-17/h4-7,12,20H,2-3,8-11H2,1H3,(H,19,21). The molecule has 0 spiro atoms. The average molecular weight is 324 g/mol. The third kappa shape index (κ3) is 4.08. The molecule has 120 valence electrons. The molecular formula is C17H22ClNO3. The van der Waals surface area contributed by atoms with E-state index in [-0.39, 0.29) is 24.7 Å². The van der Waals surface area contributed by atoms with Gasteiger partial charge in [-0.2, -0.15) is 0 Å². The zero-order valence-corrected chi connectivity index (χ0v) is 13.5. The molecule has 1 aromatic rings. The summed E-state index contributed by atoms with van der Waals surface area (Å²) >= 11 is 5.81. The Bertz CT molecular complexity index is 535. The van der Waals surface area contributed by atoms with Crippen molar-refractivity contribution in [1.82, 2.24) is 5.32 Å². The Morgan fingerprint density at radius 3 is 2.41 bits per heavy atom. The van der Waals surface area contributed by atoms with Crippen LogP contribution in [0.5, 0.6) is 0 Å². The first-order chi connectivity index (χ1) is 10.5. The van der Waals surface area contributed by atoms with Gasteiger partial charge in [-0.3, -0.25) is 9.59 Å². The Hall–Kier alpha value is -1.39. The van der Waals surface area contributed by atoms with E-state index in [1.54, 1.807) is 31.2 Å². The number of carbonyl (C=O) groups is 2. The van der Waals surface area contributed by atoms with E-state index in [1.165, 1.54) is 0 Å². The number of aliphatic hydroxyl groups excluding tert-OH is 1. The molecule has 0 aromatic heterocycles. The number of carbonyl (C=O) groups excluding carboxylic acids is 2. The molecule has 0 heterocycles. The lowest BCUT2D eigenvalue weighted by atomic mass is 9.94. The predicted molar refractivity (Wildman–Crippen MR) is 86.0 cm³/mol. The molecule has 4 nitrogen and oxygen atoms in total. The van der Waals surface area contributed by atoms with E-state index in [2.05, 4.69) is 5.32 Å². The second-order valence-electron chi connectivity index (χ2n) is 6.17. The van der Waals surface area contributed by atoms with E-state index in [0.29, 0.717) is 10.6 Å². The number of hydrogen-bond donors (Lipinski definition) is 2. The Balaban J connectivity index is 1.93. The van der Waals surface area contributed by atoms with Gasteiger partial charge in [0.2, 0.25) is 5.91 Å². The van der Waals surface area contributed by atoms with Gasteiger partial charge in [-0.1, -0.05) is 31.4 Å². The van der Waals surface area contributed by atoms with Gasteiger partial charge in [-0.05, 0) is 37.1 Å². The molecule has 1 fully saturated rings. The van der Waals surface area contributed by atoms with Crippen LogP contribution < -0.4 is 5.32 Å². The largest absolute Gasteiger partial charge is 0.394 e. The van der Waals surface area contributed by atoms with Gasteiger partial charge in [0.25, 0.3) is 0 Å². The topological polar surface area (TPSA) is 66.4 Å². The van der Waals surface area contributed by atoms with Crippen LogP contribution in [-0.2, 0) is 4.79 Å². The van der Waals surface area contributed by atoms with Crippen LogP contribution in [-0.4, -0.2) is 28.9 Å². The van der Waals surface area contributed by atoms with E-state index in [9.17, 15) is 14.7 Å². The van der Waals surface area contributed by atoms with E-state index in [1.807, 2.05) is 0 Å². The number of Topliss-reactive ketones (excluding diaryl/α,β-unsaturated/α-hetero) is 1. The van der Waals surface area contributed by atoms with E-state index in [0.717, 1.165) is 25.7 Å². The SMILES string of the molecule is CC(CC(=O)NC1(CO)CCCC1)C(=O)c1ccc(Cl)cc1. The number of aliphatic hydroxyl groups is 1. The zero-order chi connectivity index (χ0) is 16.2. The van der Waals surface area contributed by atoms with Gasteiger partial charge in [-0.15, -0.1) is 0 Å². The van der Waals surface area contributed by atoms with Crippen LogP contribution >= 0.6 is 11.6 Å². The molecule has 2 rings (SSSR count).